The van der Waals surface area contributed by atoms with E-state index < -0.39 is 5.60 Å². The average Bonchev–Trinajstić information content (AvgIpc) is 2.34. The minimum Gasteiger partial charge on any atom is -0.444 e. The van der Waals surface area contributed by atoms with E-state index in [0.717, 1.165) is 18.9 Å². The molecule has 0 unspecified atom stereocenters. The Morgan fingerprint density at radius 2 is 1.55 bits per heavy atom. The molecule has 5 heteroatoms. The Balaban J connectivity index is 2.50. The van der Waals surface area contributed by atoms with Crippen molar-refractivity contribution in [2.75, 3.05) is 26.2 Å². The maximum atomic E-state index is 12.0. The van der Waals surface area contributed by atoms with Gasteiger partial charge in [-0.05, 0) is 41.5 Å². The van der Waals surface area contributed by atoms with Crippen LogP contribution in [0, 0.1) is 0 Å². The number of hydrogen-bond donors (Lipinski definition) is 0. The molecule has 0 bridgehead atoms. The number of aliphatic imine (C=N–C) groups is 1. The molecule has 1 aliphatic rings. The maximum Gasteiger partial charge on any atom is 0.410 e. The van der Waals surface area contributed by atoms with E-state index in [0.29, 0.717) is 13.1 Å². The molecular formula is C15H27N3O2. The Labute approximate surface area is 122 Å². The van der Waals surface area contributed by atoms with Crippen molar-refractivity contribution < 1.29 is 9.53 Å². The molecule has 0 aromatic carbocycles. The lowest BCUT2D eigenvalue weighted by molar-refractivity contribution is 0.0187. The van der Waals surface area contributed by atoms with E-state index >= 15 is 0 Å². The summed E-state index contributed by atoms with van der Waals surface area (Å²) in [6.07, 6.45) is 1.64. The number of carbonyl (C=O) groups excluding carboxylic acids is 1. The van der Waals surface area contributed by atoms with E-state index in [1.54, 1.807) is 4.90 Å². The zero-order chi connectivity index (χ0) is 15.3. The third-order valence-electron chi connectivity index (χ3n) is 2.90. The van der Waals surface area contributed by atoms with Gasteiger partial charge in [-0.2, -0.15) is 0 Å². The van der Waals surface area contributed by atoms with Crippen LogP contribution in [-0.2, 0) is 4.74 Å². The molecule has 0 atom stereocenters. The third kappa shape index (κ3) is 5.63. The second-order valence-corrected chi connectivity index (χ2v) is 6.34. The molecule has 0 aromatic heterocycles. The van der Waals surface area contributed by atoms with Crippen molar-refractivity contribution >= 4 is 11.9 Å². The molecule has 0 saturated carbocycles. The summed E-state index contributed by atoms with van der Waals surface area (Å²) in [6, 6.07) is 0. The van der Waals surface area contributed by atoms with Gasteiger partial charge < -0.3 is 14.5 Å². The lowest BCUT2D eigenvalue weighted by Crippen LogP contribution is -2.51. The first-order valence-electron chi connectivity index (χ1n) is 7.09. The number of nitrogens with zero attached hydrogens (tertiary/aromatic N) is 3. The van der Waals surface area contributed by atoms with E-state index in [9.17, 15) is 4.79 Å². The standard InChI is InChI=1S/C15H27N3O2/c1-12(2)11-16-13(3)17-7-9-18(10-8-17)14(19)20-15(4,5)6/h11H,7-10H2,1-6H3. The molecule has 0 spiro atoms. The second kappa shape index (κ2) is 6.77. The van der Waals surface area contributed by atoms with Crippen LogP contribution in [0.3, 0.4) is 0 Å². The summed E-state index contributed by atoms with van der Waals surface area (Å²) in [5.41, 5.74) is 0.742. The predicted octanol–water partition coefficient (Wildman–Crippen LogP) is 2.88. The number of carbonyl (C=O) groups is 1. The van der Waals surface area contributed by atoms with Gasteiger partial charge in [-0.15, -0.1) is 0 Å². The van der Waals surface area contributed by atoms with Crippen LogP contribution in [0.1, 0.15) is 41.5 Å². The molecule has 0 radical (unpaired) electrons. The van der Waals surface area contributed by atoms with Crippen LogP contribution in [0.15, 0.2) is 16.8 Å². The number of allylic oxidation sites excluding steroid dienone is 1. The Kier molecular flexibility index (Phi) is 5.60. The van der Waals surface area contributed by atoms with Crippen molar-refractivity contribution in [3.8, 4) is 0 Å². The molecule has 5 nitrogen and oxygen atoms in total. The Hall–Kier alpha value is -1.52. The molecule has 20 heavy (non-hydrogen) atoms. The topological polar surface area (TPSA) is 45.1 Å². The summed E-state index contributed by atoms with van der Waals surface area (Å²) < 4.78 is 5.38. The maximum absolute atomic E-state index is 12.0. The first-order valence-corrected chi connectivity index (χ1v) is 7.09. The number of amides is 1. The smallest absolute Gasteiger partial charge is 0.410 e. The molecule has 1 amide bonds. The molecule has 114 valence electrons. The van der Waals surface area contributed by atoms with Crippen molar-refractivity contribution in [1.82, 2.24) is 9.80 Å². The third-order valence-corrected chi connectivity index (χ3v) is 2.90. The summed E-state index contributed by atoms with van der Waals surface area (Å²) in [7, 11) is 0. The van der Waals surface area contributed by atoms with Crippen LogP contribution in [0.2, 0.25) is 0 Å². The molecule has 0 aliphatic carbocycles. The predicted molar refractivity (Wildman–Crippen MR) is 81.9 cm³/mol. The molecule has 1 aliphatic heterocycles. The van der Waals surface area contributed by atoms with E-state index in [-0.39, 0.29) is 6.09 Å². The Morgan fingerprint density at radius 1 is 1.05 bits per heavy atom. The Bertz CT molecular complexity index is 396. The monoisotopic (exact) mass is 281 g/mol. The van der Waals surface area contributed by atoms with Crippen LogP contribution in [0.25, 0.3) is 0 Å². The molecular weight excluding hydrogens is 254 g/mol. The van der Waals surface area contributed by atoms with E-state index in [2.05, 4.69) is 9.89 Å². The van der Waals surface area contributed by atoms with Gasteiger partial charge >= 0.3 is 6.09 Å². The van der Waals surface area contributed by atoms with Crippen LogP contribution in [0.4, 0.5) is 4.79 Å². The van der Waals surface area contributed by atoms with Gasteiger partial charge in [0.2, 0.25) is 0 Å². The summed E-state index contributed by atoms with van der Waals surface area (Å²) in [4.78, 5) is 20.3. The highest BCUT2D eigenvalue weighted by molar-refractivity contribution is 5.80. The molecule has 1 saturated heterocycles. The molecule has 0 N–H and O–H groups in total. The fraction of sp³-hybridized carbons (Fsp3) is 0.733. The van der Waals surface area contributed by atoms with E-state index in [4.69, 9.17) is 4.74 Å². The molecule has 1 rings (SSSR count). The van der Waals surface area contributed by atoms with Gasteiger partial charge in [0, 0.05) is 32.4 Å². The zero-order valence-corrected chi connectivity index (χ0v) is 13.6. The average molecular weight is 281 g/mol. The molecule has 0 aromatic rings. The highest BCUT2D eigenvalue weighted by Crippen LogP contribution is 2.12. The summed E-state index contributed by atoms with van der Waals surface area (Å²) in [5, 5.41) is 0. The lowest BCUT2D eigenvalue weighted by atomic mass is 10.2. The minimum absolute atomic E-state index is 0.226. The van der Waals surface area contributed by atoms with Crippen molar-refractivity contribution in [2.24, 2.45) is 4.99 Å². The lowest BCUT2D eigenvalue weighted by Gasteiger charge is -2.36. The molecule has 1 heterocycles. The first-order chi connectivity index (χ1) is 9.19. The largest absolute Gasteiger partial charge is 0.444 e. The van der Waals surface area contributed by atoms with Crippen molar-refractivity contribution in [3.63, 3.8) is 0 Å². The zero-order valence-electron chi connectivity index (χ0n) is 13.6. The van der Waals surface area contributed by atoms with Gasteiger partial charge in [0.1, 0.15) is 11.4 Å². The van der Waals surface area contributed by atoms with Gasteiger partial charge in [-0.1, -0.05) is 5.57 Å². The number of hydrogen-bond acceptors (Lipinski definition) is 3. The fourth-order valence-electron chi connectivity index (χ4n) is 1.84. The summed E-state index contributed by atoms with van der Waals surface area (Å²) >= 11 is 0. The quantitative estimate of drug-likeness (QED) is 0.548. The number of amidine groups is 1. The number of rotatable bonds is 1. The van der Waals surface area contributed by atoms with Crippen LogP contribution in [0.5, 0.6) is 0 Å². The highest BCUT2D eigenvalue weighted by Gasteiger charge is 2.25. The second-order valence-electron chi connectivity index (χ2n) is 6.34. The van der Waals surface area contributed by atoms with E-state index in [1.807, 2.05) is 47.7 Å². The summed E-state index contributed by atoms with van der Waals surface area (Å²) in [5.74, 6) is 0.995. The van der Waals surface area contributed by atoms with Gasteiger partial charge in [0.15, 0.2) is 0 Å². The SMILES string of the molecule is CC(C)=CN=C(C)N1CCN(C(=O)OC(C)(C)C)CC1. The Morgan fingerprint density at radius 3 is 2.00 bits per heavy atom. The van der Waals surface area contributed by atoms with Gasteiger partial charge in [-0.25, -0.2) is 9.79 Å². The van der Waals surface area contributed by atoms with Gasteiger partial charge in [0.25, 0.3) is 0 Å². The normalized spacial score (nSPS) is 17.0. The van der Waals surface area contributed by atoms with Gasteiger partial charge in [0.05, 0.1) is 0 Å². The first kappa shape index (κ1) is 16.5. The van der Waals surface area contributed by atoms with Crippen molar-refractivity contribution in [1.29, 1.82) is 0 Å². The van der Waals surface area contributed by atoms with E-state index in [1.165, 1.54) is 5.57 Å². The van der Waals surface area contributed by atoms with Gasteiger partial charge in [-0.3, -0.25) is 0 Å². The minimum atomic E-state index is -0.435. The number of ether oxygens (including phenoxy) is 1. The van der Waals surface area contributed by atoms with Crippen LogP contribution < -0.4 is 0 Å². The molecule has 1 fully saturated rings. The van der Waals surface area contributed by atoms with Crippen molar-refractivity contribution in [3.05, 3.63) is 11.8 Å². The fourth-order valence-corrected chi connectivity index (χ4v) is 1.84. The van der Waals surface area contributed by atoms with Crippen LogP contribution in [-0.4, -0.2) is 53.5 Å². The summed E-state index contributed by atoms with van der Waals surface area (Å²) in [6.45, 7) is 14.7. The van der Waals surface area contributed by atoms with Crippen molar-refractivity contribution in [2.45, 2.75) is 47.1 Å². The number of piperazine rings is 1. The van der Waals surface area contributed by atoms with Crippen LogP contribution >= 0.6 is 0 Å². The highest BCUT2D eigenvalue weighted by atomic mass is 16.6.